The van der Waals surface area contributed by atoms with Crippen LogP contribution in [0.3, 0.4) is 0 Å². The van der Waals surface area contributed by atoms with Crippen LogP contribution in [0.2, 0.25) is 10.0 Å². The Hall–Kier alpha value is -2.11. The van der Waals surface area contributed by atoms with Gasteiger partial charge in [-0.25, -0.2) is 0 Å². The van der Waals surface area contributed by atoms with Crippen molar-refractivity contribution in [2.45, 2.75) is 18.9 Å². The number of carbonyl (C=O) groups excluding carboxylic acids is 2. The van der Waals surface area contributed by atoms with Gasteiger partial charge in [-0.1, -0.05) is 29.3 Å². The van der Waals surface area contributed by atoms with E-state index in [1.807, 2.05) is 0 Å². The lowest BCUT2D eigenvalue weighted by molar-refractivity contribution is 0.0951. The van der Waals surface area contributed by atoms with Crippen LogP contribution in [0.25, 0.3) is 0 Å². The minimum Gasteiger partial charge on any atom is -0.349 e. The zero-order chi connectivity index (χ0) is 16.4. The van der Waals surface area contributed by atoms with Crippen LogP contribution in [0, 0.1) is 0 Å². The second-order valence-electron chi connectivity index (χ2n) is 5.23. The van der Waals surface area contributed by atoms with E-state index in [1.165, 1.54) is 12.3 Å². The van der Waals surface area contributed by atoms with Crippen LogP contribution in [-0.4, -0.2) is 22.8 Å². The third-order valence-corrected chi connectivity index (χ3v) is 4.19. The van der Waals surface area contributed by atoms with Crippen molar-refractivity contribution in [2.24, 2.45) is 0 Å². The molecule has 0 unspecified atom stereocenters. The summed E-state index contributed by atoms with van der Waals surface area (Å²) in [7, 11) is 0. The smallest absolute Gasteiger partial charge is 0.274 e. The molecule has 1 aromatic carbocycles. The summed E-state index contributed by atoms with van der Waals surface area (Å²) in [6.07, 6.45) is 3.42. The fraction of sp³-hybridized carbons (Fsp3) is 0.188. The van der Waals surface area contributed by atoms with E-state index in [0.29, 0.717) is 16.3 Å². The van der Waals surface area contributed by atoms with Crippen LogP contribution in [-0.2, 0) is 0 Å². The molecule has 0 atom stereocenters. The summed E-state index contributed by atoms with van der Waals surface area (Å²) in [6.45, 7) is 0. The highest BCUT2D eigenvalue weighted by molar-refractivity contribution is 6.44. The maximum atomic E-state index is 12.3. The number of aromatic nitrogens is 1. The molecule has 23 heavy (non-hydrogen) atoms. The summed E-state index contributed by atoms with van der Waals surface area (Å²) in [5, 5.41) is 6.10. The Kier molecular flexibility index (Phi) is 4.50. The number of amides is 2. The number of hydrogen-bond acceptors (Lipinski definition) is 3. The Morgan fingerprint density at radius 3 is 2.65 bits per heavy atom. The van der Waals surface area contributed by atoms with Crippen LogP contribution >= 0.6 is 23.2 Å². The summed E-state index contributed by atoms with van der Waals surface area (Å²) in [5.74, 6) is -0.667. The maximum absolute atomic E-state index is 12.3. The fourth-order valence-corrected chi connectivity index (χ4v) is 2.33. The molecule has 1 aliphatic rings. The SMILES string of the molecule is O=C(NC1CC1)c1ccnc(C(=O)Nc2cccc(Cl)c2Cl)c1. The monoisotopic (exact) mass is 349 g/mol. The molecule has 5 nitrogen and oxygen atoms in total. The van der Waals surface area contributed by atoms with Gasteiger partial charge in [0.2, 0.25) is 0 Å². The highest BCUT2D eigenvalue weighted by Gasteiger charge is 2.24. The molecule has 1 saturated carbocycles. The lowest BCUT2D eigenvalue weighted by Gasteiger charge is -2.09. The number of hydrogen-bond donors (Lipinski definition) is 2. The van der Waals surface area contributed by atoms with Gasteiger partial charge in [-0.2, -0.15) is 0 Å². The Balaban J connectivity index is 1.76. The number of nitrogens with zero attached hydrogens (tertiary/aromatic N) is 1. The van der Waals surface area contributed by atoms with Gasteiger partial charge in [0, 0.05) is 17.8 Å². The largest absolute Gasteiger partial charge is 0.349 e. The van der Waals surface area contributed by atoms with Crippen molar-refractivity contribution in [3.63, 3.8) is 0 Å². The molecule has 2 aromatic rings. The van der Waals surface area contributed by atoms with Crippen LogP contribution in [0.1, 0.15) is 33.7 Å². The molecule has 1 heterocycles. The van der Waals surface area contributed by atoms with E-state index in [1.54, 1.807) is 24.3 Å². The molecule has 0 bridgehead atoms. The Labute approximate surface area is 143 Å². The van der Waals surface area contributed by atoms with Crippen molar-refractivity contribution in [1.82, 2.24) is 10.3 Å². The molecule has 2 amide bonds. The number of nitrogens with one attached hydrogen (secondary N) is 2. The predicted molar refractivity (Wildman–Crippen MR) is 89.1 cm³/mol. The predicted octanol–water partition coefficient (Wildman–Crippen LogP) is 3.53. The molecule has 2 N–H and O–H groups in total. The molecule has 0 spiro atoms. The first kappa shape index (κ1) is 15.8. The van der Waals surface area contributed by atoms with Crippen LogP contribution in [0.15, 0.2) is 36.5 Å². The summed E-state index contributed by atoms with van der Waals surface area (Å²) >= 11 is 12.0. The van der Waals surface area contributed by atoms with Crippen LogP contribution < -0.4 is 10.6 Å². The van der Waals surface area contributed by atoms with Gasteiger partial charge < -0.3 is 10.6 Å². The Morgan fingerprint density at radius 1 is 1.13 bits per heavy atom. The summed E-state index contributed by atoms with van der Waals surface area (Å²) in [4.78, 5) is 28.3. The molecule has 0 radical (unpaired) electrons. The minimum absolute atomic E-state index is 0.129. The Morgan fingerprint density at radius 2 is 1.91 bits per heavy atom. The average molecular weight is 350 g/mol. The van der Waals surface area contributed by atoms with Gasteiger partial charge >= 0.3 is 0 Å². The molecule has 118 valence electrons. The van der Waals surface area contributed by atoms with Crippen molar-refractivity contribution in [3.8, 4) is 0 Å². The molecule has 0 aliphatic heterocycles. The number of pyridine rings is 1. The third kappa shape index (κ3) is 3.81. The first-order valence-electron chi connectivity index (χ1n) is 7.07. The lowest BCUT2D eigenvalue weighted by atomic mass is 10.2. The van der Waals surface area contributed by atoms with Crippen molar-refractivity contribution in [2.75, 3.05) is 5.32 Å². The molecule has 0 saturated heterocycles. The summed E-state index contributed by atoms with van der Waals surface area (Å²) in [6, 6.07) is 8.21. The van der Waals surface area contributed by atoms with E-state index >= 15 is 0 Å². The quantitative estimate of drug-likeness (QED) is 0.886. The van der Waals surface area contributed by atoms with E-state index in [-0.39, 0.29) is 22.7 Å². The van der Waals surface area contributed by atoms with E-state index in [2.05, 4.69) is 15.6 Å². The fourth-order valence-electron chi connectivity index (χ4n) is 1.98. The first-order valence-corrected chi connectivity index (χ1v) is 7.82. The zero-order valence-corrected chi connectivity index (χ0v) is 13.5. The lowest BCUT2D eigenvalue weighted by Crippen LogP contribution is -2.26. The van der Waals surface area contributed by atoms with Crippen molar-refractivity contribution in [1.29, 1.82) is 0 Å². The summed E-state index contributed by atoms with van der Waals surface area (Å²) in [5.41, 5.74) is 0.914. The molecule has 7 heteroatoms. The molecular formula is C16H13Cl2N3O2. The zero-order valence-electron chi connectivity index (χ0n) is 12.0. The highest BCUT2D eigenvalue weighted by Crippen LogP contribution is 2.29. The molecule has 3 rings (SSSR count). The normalized spacial score (nSPS) is 13.5. The second kappa shape index (κ2) is 6.56. The molecular weight excluding hydrogens is 337 g/mol. The van der Waals surface area contributed by atoms with E-state index in [9.17, 15) is 9.59 Å². The van der Waals surface area contributed by atoms with Crippen molar-refractivity contribution >= 4 is 40.7 Å². The van der Waals surface area contributed by atoms with Gasteiger partial charge in [-0.3, -0.25) is 14.6 Å². The van der Waals surface area contributed by atoms with Gasteiger partial charge in [-0.05, 0) is 37.1 Å². The van der Waals surface area contributed by atoms with Gasteiger partial charge in [0.05, 0.1) is 15.7 Å². The van der Waals surface area contributed by atoms with Crippen molar-refractivity contribution in [3.05, 3.63) is 57.8 Å². The summed E-state index contributed by atoms with van der Waals surface area (Å²) < 4.78 is 0. The standard InChI is InChI=1S/C16H13Cl2N3O2/c17-11-2-1-3-12(14(11)18)21-16(23)13-8-9(6-7-19-13)15(22)20-10-4-5-10/h1-3,6-8,10H,4-5H2,(H,20,22)(H,21,23). The average Bonchev–Trinajstić information content (AvgIpc) is 3.36. The van der Waals surface area contributed by atoms with Gasteiger partial charge in [-0.15, -0.1) is 0 Å². The topological polar surface area (TPSA) is 71.1 Å². The first-order chi connectivity index (χ1) is 11.0. The van der Waals surface area contributed by atoms with Crippen LogP contribution in [0.4, 0.5) is 5.69 Å². The number of carbonyl (C=O) groups is 2. The van der Waals surface area contributed by atoms with Crippen LogP contribution in [0.5, 0.6) is 0 Å². The van der Waals surface area contributed by atoms with E-state index in [0.717, 1.165) is 12.8 Å². The number of benzene rings is 1. The maximum Gasteiger partial charge on any atom is 0.274 e. The number of anilines is 1. The number of rotatable bonds is 4. The number of halogens is 2. The molecule has 1 aromatic heterocycles. The van der Waals surface area contributed by atoms with E-state index < -0.39 is 5.91 Å². The van der Waals surface area contributed by atoms with Crippen molar-refractivity contribution < 1.29 is 9.59 Å². The Bertz CT molecular complexity index is 776. The minimum atomic E-state index is -0.463. The molecule has 1 aliphatic carbocycles. The van der Waals surface area contributed by atoms with E-state index in [4.69, 9.17) is 23.2 Å². The van der Waals surface area contributed by atoms with Gasteiger partial charge in [0.15, 0.2) is 0 Å². The van der Waals surface area contributed by atoms with Gasteiger partial charge in [0.25, 0.3) is 11.8 Å². The highest BCUT2D eigenvalue weighted by atomic mass is 35.5. The molecule has 1 fully saturated rings. The van der Waals surface area contributed by atoms with Gasteiger partial charge in [0.1, 0.15) is 5.69 Å². The third-order valence-electron chi connectivity index (χ3n) is 3.37. The second-order valence-corrected chi connectivity index (χ2v) is 6.02.